The second kappa shape index (κ2) is 4.36. The normalized spacial score (nSPS) is 7.38. The first-order valence-electron chi connectivity index (χ1n) is 2.33. The van der Waals surface area contributed by atoms with Gasteiger partial charge in [0.05, 0.1) is 0 Å². The van der Waals surface area contributed by atoms with Crippen LogP contribution in [0.4, 0.5) is 0 Å². The van der Waals surface area contributed by atoms with Crippen molar-refractivity contribution in [3.63, 3.8) is 0 Å². The number of hydrogen-bond donors (Lipinski definition) is 3. The molecule has 0 radical (unpaired) electrons. The highest BCUT2D eigenvalue weighted by Crippen LogP contribution is 1.86. The van der Waals surface area contributed by atoms with Gasteiger partial charge in [-0.15, -0.1) is 0 Å². The van der Waals surface area contributed by atoms with E-state index in [-0.39, 0.29) is 0 Å². The Kier molecular flexibility index (Phi) is 3.93. The molecule has 0 atom stereocenters. The van der Waals surface area contributed by atoms with Gasteiger partial charge in [-0.1, -0.05) is 0 Å². The maximum Gasteiger partial charge on any atom is 0.0115 e. The van der Waals surface area contributed by atoms with Crippen molar-refractivity contribution in [3.05, 3.63) is 24.0 Å². The zero-order chi connectivity index (χ0) is 6.41. The molecule has 0 fully saturated rings. The Bertz CT molecular complexity index is 111. The second-order valence-corrected chi connectivity index (χ2v) is 1.35. The Hall–Kier alpha value is -0.800. The molecule has 8 heavy (non-hydrogen) atoms. The maximum atomic E-state index is 4.00. The number of rotatable bonds is 0. The molecule has 3 heteroatoms. The Morgan fingerprint density at radius 3 is 2.25 bits per heavy atom. The third kappa shape index (κ3) is 2.39. The van der Waals surface area contributed by atoms with Gasteiger partial charge in [-0.05, 0) is 19.1 Å². The van der Waals surface area contributed by atoms with Gasteiger partial charge in [0.2, 0.25) is 0 Å². The summed E-state index contributed by atoms with van der Waals surface area (Å²) in [7, 11) is 0. The summed E-state index contributed by atoms with van der Waals surface area (Å²) in [4.78, 5) is 3.00. The molecule has 0 aliphatic heterocycles. The number of aryl methyl sites for hydroxylation is 1. The predicted octanol–water partition coefficient (Wildman–Crippen LogP) is 0.142. The molecule has 1 aromatic heterocycles. The Balaban J connectivity index is 0.000000222. The first-order chi connectivity index (χ1) is 3.89. The minimum Gasteiger partial charge on any atom is -0.365 e. The van der Waals surface area contributed by atoms with E-state index in [1.807, 2.05) is 25.3 Å². The van der Waals surface area contributed by atoms with E-state index in [0.717, 1.165) is 0 Å². The van der Waals surface area contributed by atoms with Crippen LogP contribution in [-0.4, -0.2) is 4.98 Å². The molecular formula is C5H11N3. The first-order valence-corrected chi connectivity index (χ1v) is 2.33. The molecule has 0 amide bonds. The molecule has 0 spiro atoms. The van der Waals surface area contributed by atoms with Crippen molar-refractivity contribution >= 4 is 0 Å². The van der Waals surface area contributed by atoms with Crippen molar-refractivity contribution in [2.75, 3.05) is 0 Å². The third-order valence-corrected chi connectivity index (χ3v) is 0.753. The zero-order valence-electron chi connectivity index (χ0n) is 4.89. The average molecular weight is 113 g/mol. The lowest BCUT2D eigenvalue weighted by atomic mass is 10.5. The van der Waals surface area contributed by atoms with Crippen LogP contribution >= 0.6 is 0 Å². The van der Waals surface area contributed by atoms with Gasteiger partial charge in [-0.2, -0.15) is 0 Å². The van der Waals surface area contributed by atoms with E-state index in [1.54, 1.807) is 0 Å². The molecule has 0 bridgehead atoms. The quantitative estimate of drug-likeness (QED) is 0.331. The van der Waals surface area contributed by atoms with Crippen LogP contribution in [0.1, 0.15) is 5.69 Å². The summed E-state index contributed by atoms with van der Waals surface area (Å²) in [6, 6.07) is 4.01. The molecule has 0 saturated carbocycles. The lowest BCUT2D eigenvalue weighted by Crippen LogP contribution is -2.02. The fourth-order valence-electron chi connectivity index (χ4n) is 0.420. The van der Waals surface area contributed by atoms with Gasteiger partial charge < -0.3 is 4.98 Å². The second-order valence-electron chi connectivity index (χ2n) is 1.35. The summed E-state index contributed by atoms with van der Waals surface area (Å²) in [5, 5.41) is 0. The van der Waals surface area contributed by atoms with Crippen molar-refractivity contribution in [2.45, 2.75) is 6.92 Å². The SMILES string of the molecule is Cc1ccc[nH]1.NN. The van der Waals surface area contributed by atoms with E-state index in [2.05, 4.69) is 16.7 Å². The summed E-state index contributed by atoms with van der Waals surface area (Å²) in [5.41, 5.74) is 1.22. The van der Waals surface area contributed by atoms with Gasteiger partial charge in [0.25, 0.3) is 0 Å². The van der Waals surface area contributed by atoms with Gasteiger partial charge in [0.15, 0.2) is 0 Å². The highest BCUT2D eigenvalue weighted by Gasteiger charge is 1.72. The molecule has 3 nitrogen and oxygen atoms in total. The van der Waals surface area contributed by atoms with Crippen LogP contribution in [0.5, 0.6) is 0 Å². The first kappa shape index (κ1) is 7.20. The van der Waals surface area contributed by atoms with E-state index >= 15 is 0 Å². The fraction of sp³-hybridized carbons (Fsp3) is 0.200. The number of nitrogens with one attached hydrogen (secondary N) is 1. The summed E-state index contributed by atoms with van der Waals surface area (Å²) in [5.74, 6) is 8.00. The molecule has 46 valence electrons. The molecule has 0 saturated heterocycles. The van der Waals surface area contributed by atoms with Crippen LogP contribution in [0.3, 0.4) is 0 Å². The number of nitrogens with two attached hydrogens (primary N) is 2. The van der Waals surface area contributed by atoms with Gasteiger partial charge in [0, 0.05) is 11.9 Å². The van der Waals surface area contributed by atoms with Gasteiger partial charge in [-0.3, -0.25) is 11.7 Å². The maximum absolute atomic E-state index is 4.00. The molecule has 0 aliphatic carbocycles. The largest absolute Gasteiger partial charge is 0.365 e. The standard InChI is InChI=1S/C5H7N.H4N2/c1-5-3-2-4-6-5;1-2/h2-4,6H,1H3;1-2H2. The predicted molar refractivity (Wildman–Crippen MR) is 33.9 cm³/mol. The minimum absolute atomic E-state index is 1.22. The van der Waals surface area contributed by atoms with Crippen LogP contribution in [0.25, 0.3) is 0 Å². The number of hydrogen-bond acceptors (Lipinski definition) is 2. The van der Waals surface area contributed by atoms with Crippen molar-refractivity contribution in [3.8, 4) is 0 Å². The van der Waals surface area contributed by atoms with E-state index < -0.39 is 0 Å². The Morgan fingerprint density at radius 1 is 1.50 bits per heavy atom. The molecular weight excluding hydrogens is 102 g/mol. The van der Waals surface area contributed by atoms with Crippen LogP contribution in [0, 0.1) is 6.92 Å². The van der Waals surface area contributed by atoms with Gasteiger partial charge >= 0.3 is 0 Å². The molecule has 1 rings (SSSR count). The van der Waals surface area contributed by atoms with Crippen molar-refractivity contribution in [1.29, 1.82) is 0 Å². The highest BCUT2D eigenvalue weighted by molar-refractivity contribution is 4.99. The molecule has 1 heterocycles. The monoisotopic (exact) mass is 113 g/mol. The average Bonchev–Trinajstić information content (AvgIpc) is 2.24. The number of H-pyrrole nitrogens is 1. The van der Waals surface area contributed by atoms with Crippen LogP contribution in [0.2, 0.25) is 0 Å². The number of aromatic nitrogens is 1. The van der Waals surface area contributed by atoms with Crippen LogP contribution < -0.4 is 11.7 Å². The summed E-state index contributed by atoms with van der Waals surface area (Å²) in [6.45, 7) is 2.03. The van der Waals surface area contributed by atoms with E-state index in [4.69, 9.17) is 0 Å². The molecule has 5 N–H and O–H groups in total. The number of aromatic amines is 1. The molecule has 1 aromatic rings. The highest BCUT2D eigenvalue weighted by atomic mass is 15.0. The zero-order valence-corrected chi connectivity index (χ0v) is 4.89. The molecule has 0 aliphatic rings. The lowest BCUT2D eigenvalue weighted by Gasteiger charge is -1.70. The topological polar surface area (TPSA) is 67.8 Å². The van der Waals surface area contributed by atoms with Crippen LogP contribution in [-0.2, 0) is 0 Å². The summed E-state index contributed by atoms with van der Waals surface area (Å²) < 4.78 is 0. The van der Waals surface area contributed by atoms with Gasteiger partial charge in [0.1, 0.15) is 0 Å². The Morgan fingerprint density at radius 2 is 2.12 bits per heavy atom. The van der Waals surface area contributed by atoms with E-state index in [0.29, 0.717) is 0 Å². The van der Waals surface area contributed by atoms with Crippen molar-refractivity contribution < 1.29 is 0 Å². The fourth-order valence-corrected chi connectivity index (χ4v) is 0.420. The summed E-state index contributed by atoms with van der Waals surface area (Å²) in [6.07, 6.45) is 1.91. The van der Waals surface area contributed by atoms with Crippen molar-refractivity contribution in [1.82, 2.24) is 4.98 Å². The third-order valence-electron chi connectivity index (χ3n) is 0.753. The summed E-state index contributed by atoms with van der Waals surface area (Å²) >= 11 is 0. The van der Waals surface area contributed by atoms with Gasteiger partial charge in [-0.25, -0.2) is 0 Å². The lowest BCUT2D eigenvalue weighted by molar-refractivity contribution is 1.26. The number of hydrazine groups is 1. The molecule has 0 unspecified atom stereocenters. The molecule has 0 aromatic carbocycles. The van der Waals surface area contributed by atoms with Crippen molar-refractivity contribution in [2.24, 2.45) is 11.7 Å². The Labute approximate surface area is 48.7 Å². The smallest absolute Gasteiger partial charge is 0.0115 e. The minimum atomic E-state index is 1.22. The van der Waals surface area contributed by atoms with E-state index in [9.17, 15) is 0 Å². The van der Waals surface area contributed by atoms with E-state index in [1.165, 1.54) is 5.69 Å². The van der Waals surface area contributed by atoms with Crippen LogP contribution in [0.15, 0.2) is 18.3 Å².